The standard InChI is InChI=1S/C29H28ClF3N2O4S/c1-3-20(24-9-4-5-10-25(24)30)15-19-11-13-27-26(16-19)35(18-22(39-27)12-14-28(34)38-2)40(36,37)23-8-6-7-21(17-23)29(31,32)33/h4-11,13,15-17,22,34H,3,12,14,18H2,1-2H3/b20-15+,34-28?/t22-/m0/s1. The molecule has 0 fully saturated rings. The van der Waals surface area contributed by atoms with Gasteiger partial charge in [-0.1, -0.05) is 54.9 Å². The number of alkyl halides is 3. The third-order valence-corrected chi connectivity index (χ3v) is 8.65. The number of fused-ring (bicyclic) bond motifs is 1. The molecule has 0 saturated heterocycles. The van der Waals surface area contributed by atoms with Gasteiger partial charge in [0.25, 0.3) is 10.0 Å². The lowest BCUT2D eigenvalue weighted by molar-refractivity contribution is -0.137. The van der Waals surface area contributed by atoms with E-state index in [0.717, 1.165) is 33.6 Å². The predicted octanol–water partition coefficient (Wildman–Crippen LogP) is 7.67. The molecule has 0 aliphatic carbocycles. The number of sulfonamides is 1. The molecule has 0 radical (unpaired) electrons. The van der Waals surface area contributed by atoms with Gasteiger partial charge < -0.3 is 9.47 Å². The third-order valence-electron chi connectivity index (χ3n) is 6.55. The van der Waals surface area contributed by atoms with Crippen LogP contribution in [-0.4, -0.2) is 34.1 Å². The van der Waals surface area contributed by atoms with E-state index in [2.05, 4.69) is 0 Å². The number of hydrogen-bond donors (Lipinski definition) is 1. The van der Waals surface area contributed by atoms with Crippen LogP contribution in [-0.2, 0) is 20.9 Å². The Morgan fingerprint density at radius 2 is 1.90 bits per heavy atom. The van der Waals surface area contributed by atoms with E-state index in [1.54, 1.807) is 24.3 Å². The molecule has 1 heterocycles. The second-order valence-corrected chi connectivity index (χ2v) is 11.5. The van der Waals surface area contributed by atoms with Crippen molar-refractivity contribution in [2.24, 2.45) is 0 Å². The van der Waals surface area contributed by atoms with E-state index in [4.69, 9.17) is 26.5 Å². The number of hydrogen-bond acceptors (Lipinski definition) is 5. The molecule has 0 amide bonds. The van der Waals surface area contributed by atoms with Crippen molar-refractivity contribution >= 4 is 44.9 Å². The summed E-state index contributed by atoms with van der Waals surface area (Å²) in [6, 6.07) is 16.1. The van der Waals surface area contributed by atoms with Gasteiger partial charge in [-0.25, -0.2) is 8.42 Å². The monoisotopic (exact) mass is 592 g/mol. The number of rotatable bonds is 8. The van der Waals surface area contributed by atoms with Gasteiger partial charge in [-0.2, -0.15) is 13.2 Å². The molecule has 0 unspecified atom stereocenters. The van der Waals surface area contributed by atoms with Gasteiger partial charge in [0.15, 0.2) is 5.90 Å². The first kappa shape index (κ1) is 29.5. The molecule has 1 aliphatic heterocycles. The first-order chi connectivity index (χ1) is 18.9. The first-order valence-corrected chi connectivity index (χ1v) is 14.3. The van der Waals surface area contributed by atoms with Crippen molar-refractivity contribution in [3.05, 3.63) is 88.4 Å². The van der Waals surface area contributed by atoms with Gasteiger partial charge in [-0.3, -0.25) is 9.71 Å². The molecule has 3 aromatic carbocycles. The Bertz CT molecular complexity index is 1540. The van der Waals surface area contributed by atoms with Crippen LogP contribution in [0, 0.1) is 5.41 Å². The van der Waals surface area contributed by atoms with Gasteiger partial charge in [0, 0.05) is 11.4 Å². The number of ether oxygens (including phenoxy) is 2. The lowest BCUT2D eigenvalue weighted by Crippen LogP contribution is -2.43. The average Bonchev–Trinajstić information content (AvgIpc) is 2.94. The number of halogens is 4. The summed E-state index contributed by atoms with van der Waals surface area (Å²) in [5.74, 6) is 0.275. The maximum absolute atomic E-state index is 13.8. The van der Waals surface area contributed by atoms with Gasteiger partial charge in [0.1, 0.15) is 11.9 Å². The Labute approximate surface area is 236 Å². The number of nitrogens with one attached hydrogen (secondary N) is 1. The van der Waals surface area contributed by atoms with Crippen LogP contribution in [0.15, 0.2) is 71.6 Å². The van der Waals surface area contributed by atoms with Crippen molar-refractivity contribution in [3.63, 3.8) is 0 Å². The van der Waals surface area contributed by atoms with Gasteiger partial charge in [0.2, 0.25) is 0 Å². The highest BCUT2D eigenvalue weighted by Crippen LogP contribution is 2.40. The number of nitrogens with zero attached hydrogens (tertiary/aromatic N) is 1. The molecule has 0 spiro atoms. The molecular weight excluding hydrogens is 565 g/mol. The van der Waals surface area contributed by atoms with Crippen LogP contribution in [0.25, 0.3) is 11.6 Å². The Kier molecular flexibility index (Phi) is 8.80. The zero-order chi connectivity index (χ0) is 29.1. The minimum absolute atomic E-state index is 0.00818. The quantitative estimate of drug-likeness (QED) is 0.165. The van der Waals surface area contributed by atoms with Crippen LogP contribution in [0.2, 0.25) is 5.02 Å². The average molecular weight is 593 g/mol. The Morgan fingerprint density at radius 3 is 2.58 bits per heavy atom. The van der Waals surface area contributed by atoms with Crippen LogP contribution in [0.4, 0.5) is 18.9 Å². The molecule has 1 N–H and O–H groups in total. The first-order valence-electron chi connectivity index (χ1n) is 12.5. The van der Waals surface area contributed by atoms with Crippen molar-refractivity contribution in [3.8, 4) is 5.75 Å². The van der Waals surface area contributed by atoms with Crippen LogP contribution < -0.4 is 9.04 Å². The van der Waals surface area contributed by atoms with E-state index in [0.29, 0.717) is 23.1 Å². The highest BCUT2D eigenvalue weighted by molar-refractivity contribution is 7.92. The van der Waals surface area contributed by atoms with Crippen LogP contribution in [0.1, 0.15) is 42.9 Å². The number of allylic oxidation sites excluding steroid dienone is 1. The summed E-state index contributed by atoms with van der Waals surface area (Å²) in [5.41, 5.74) is 1.58. The summed E-state index contributed by atoms with van der Waals surface area (Å²) >= 11 is 6.40. The minimum Gasteiger partial charge on any atom is -0.486 e. The van der Waals surface area contributed by atoms with Crippen molar-refractivity contribution in [1.82, 2.24) is 0 Å². The van der Waals surface area contributed by atoms with Crippen LogP contribution >= 0.6 is 11.6 Å². The highest BCUT2D eigenvalue weighted by Gasteiger charge is 2.37. The Balaban J connectivity index is 1.79. The van der Waals surface area contributed by atoms with Crippen molar-refractivity contribution in [1.29, 1.82) is 5.41 Å². The predicted molar refractivity (Wildman–Crippen MR) is 150 cm³/mol. The lowest BCUT2D eigenvalue weighted by Gasteiger charge is -2.36. The molecule has 0 bridgehead atoms. The fourth-order valence-electron chi connectivity index (χ4n) is 4.44. The molecule has 212 valence electrons. The minimum atomic E-state index is -4.70. The zero-order valence-corrected chi connectivity index (χ0v) is 23.4. The van der Waals surface area contributed by atoms with Crippen molar-refractivity contribution < 1.29 is 31.1 Å². The van der Waals surface area contributed by atoms with Gasteiger partial charge in [-0.15, -0.1) is 0 Å². The molecule has 40 heavy (non-hydrogen) atoms. The van der Waals surface area contributed by atoms with Crippen LogP contribution in [0.5, 0.6) is 5.75 Å². The molecule has 0 saturated carbocycles. The molecule has 1 aliphatic rings. The van der Waals surface area contributed by atoms with E-state index in [9.17, 15) is 21.6 Å². The molecular formula is C29H28ClF3N2O4S. The topological polar surface area (TPSA) is 79.7 Å². The molecule has 1 atom stereocenters. The largest absolute Gasteiger partial charge is 0.486 e. The highest BCUT2D eigenvalue weighted by atomic mass is 35.5. The van der Waals surface area contributed by atoms with E-state index < -0.39 is 32.8 Å². The molecule has 3 aromatic rings. The summed E-state index contributed by atoms with van der Waals surface area (Å²) in [7, 11) is -3.05. The molecule has 4 rings (SSSR count). The summed E-state index contributed by atoms with van der Waals surface area (Å²) < 4.78 is 79.9. The van der Waals surface area contributed by atoms with Crippen LogP contribution in [0.3, 0.4) is 0 Å². The maximum atomic E-state index is 13.8. The number of benzene rings is 3. The van der Waals surface area contributed by atoms with Gasteiger partial charge in [-0.05, 0) is 65.9 Å². The Hall–Kier alpha value is -3.50. The second kappa shape index (κ2) is 11.9. The Morgan fingerprint density at radius 1 is 1.15 bits per heavy atom. The smallest absolute Gasteiger partial charge is 0.416 e. The van der Waals surface area contributed by atoms with Crippen molar-refractivity contribution in [2.45, 2.75) is 43.4 Å². The van der Waals surface area contributed by atoms with E-state index in [-0.39, 0.29) is 36.7 Å². The lowest BCUT2D eigenvalue weighted by atomic mass is 10.00. The van der Waals surface area contributed by atoms with Gasteiger partial charge >= 0.3 is 6.18 Å². The fourth-order valence-corrected chi connectivity index (χ4v) is 6.25. The molecule has 11 heteroatoms. The maximum Gasteiger partial charge on any atom is 0.416 e. The SMILES string of the molecule is CC/C(=C\c1ccc2c(c1)N(S(=O)(=O)c1cccc(C(F)(F)F)c1)C[C@H](CCC(=N)OC)O2)c1ccccc1Cl. The van der Waals surface area contributed by atoms with E-state index >= 15 is 0 Å². The van der Waals surface area contributed by atoms with E-state index in [1.165, 1.54) is 7.11 Å². The van der Waals surface area contributed by atoms with E-state index in [1.807, 2.05) is 31.2 Å². The summed E-state index contributed by atoms with van der Waals surface area (Å²) in [4.78, 5) is -0.482. The molecule has 0 aromatic heterocycles. The third kappa shape index (κ3) is 6.45. The zero-order valence-electron chi connectivity index (χ0n) is 21.8. The number of methoxy groups -OCH3 is 1. The van der Waals surface area contributed by atoms with Crippen molar-refractivity contribution in [2.75, 3.05) is 18.0 Å². The summed E-state index contributed by atoms with van der Waals surface area (Å²) in [6.45, 7) is 1.82. The fraction of sp³-hybridized carbons (Fsp3) is 0.276. The normalized spacial score (nSPS) is 15.8. The van der Waals surface area contributed by atoms with Gasteiger partial charge in [0.05, 0.1) is 29.8 Å². The summed E-state index contributed by atoms with van der Waals surface area (Å²) in [6.07, 6.45) is -2.34. The number of anilines is 1. The second-order valence-electron chi connectivity index (χ2n) is 9.20. The summed E-state index contributed by atoms with van der Waals surface area (Å²) in [5, 5.41) is 8.33. The molecule has 6 nitrogen and oxygen atoms in total.